The molecule has 0 bridgehead atoms. The fourth-order valence-electron chi connectivity index (χ4n) is 2.94. The SMILES string of the molecule is N#Cc1cc2ccccc2nc1CCN[C@H](CO)Cc1ccccc1. The summed E-state index contributed by atoms with van der Waals surface area (Å²) in [6, 6.07) is 22.1. The molecule has 0 amide bonds. The lowest BCUT2D eigenvalue weighted by atomic mass is 10.1. The number of aliphatic hydroxyl groups excluding tert-OH is 1. The van der Waals surface area contributed by atoms with E-state index in [0.717, 1.165) is 23.0 Å². The standard InChI is InChI=1S/C21H21N3O/c22-14-18-13-17-8-4-5-9-20(17)24-21(18)10-11-23-19(15-25)12-16-6-2-1-3-7-16/h1-9,13,19,23,25H,10-12,15H2/t19-/m0/s1. The predicted molar refractivity (Wildman–Crippen MR) is 99.2 cm³/mol. The van der Waals surface area contributed by atoms with Crippen molar-refractivity contribution >= 4 is 10.9 Å². The number of fused-ring (bicyclic) bond motifs is 1. The van der Waals surface area contributed by atoms with Crippen molar-refractivity contribution < 1.29 is 5.11 Å². The lowest BCUT2D eigenvalue weighted by Gasteiger charge is -2.16. The van der Waals surface area contributed by atoms with E-state index in [1.54, 1.807) is 0 Å². The van der Waals surface area contributed by atoms with Crippen LogP contribution in [-0.2, 0) is 12.8 Å². The van der Waals surface area contributed by atoms with E-state index < -0.39 is 0 Å². The molecule has 0 spiro atoms. The van der Waals surface area contributed by atoms with E-state index in [1.807, 2.05) is 48.5 Å². The first-order valence-corrected chi connectivity index (χ1v) is 8.47. The summed E-state index contributed by atoms with van der Waals surface area (Å²) in [7, 11) is 0. The van der Waals surface area contributed by atoms with Gasteiger partial charge in [-0.1, -0.05) is 48.5 Å². The molecular weight excluding hydrogens is 310 g/mol. The predicted octanol–water partition coefficient (Wildman–Crippen LogP) is 2.84. The number of hydrogen-bond acceptors (Lipinski definition) is 4. The van der Waals surface area contributed by atoms with Crippen LogP contribution in [0, 0.1) is 11.3 Å². The van der Waals surface area contributed by atoms with Gasteiger partial charge in [-0.25, -0.2) is 0 Å². The molecule has 126 valence electrons. The van der Waals surface area contributed by atoms with E-state index in [9.17, 15) is 10.4 Å². The van der Waals surface area contributed by atoms with Crippen molar-refractivity contribution in [2.45, 2.75) is 18.9 Å². The number of aliphatic hydroxyl groups is 1. The Balaban J connectivity index is 1.64. The minimum Gasteiger partial charge on any atom is -0.395 e. The number of nitrogens with one attached hydrogen (secondary N) is 1. The molecular formula is C21H21N3O. The van der Waals surface area contributed by atoms with Crippen molar-refractivity contribution in [2.24, 2.45) is 0 Å². The number of nitriles is 1. The van der Waals surface area contributed by atoms with E-state index in [2.05, 4.69) is 28.5 Å². The third kappa shape index (κ3) is 4.42. The van der Waals surface area contributed by atoms with Crippen molar-refractivity contribution in [3.63, 3.8) is 0 Å². The quantitative estimate of drug-likeness (QED) is 0.698. The maximum Gasteiger partial charge on any atom is 0.101 e. The summed E-state index contributed by atoms with van der Waals surface area (Å²) < 4.78 is 0. The van der Waals surface area contributed by atoms with Crippen LogP contribution < -0.4 is 5.32 Å². The number of para-hydroxylation sites is 1. The van der Waals surface area contributed by atoms with Crippen molar-refractivity contribution in [2.75, 3.05) is 13.2 Å². The van der Waals surface area contributed by atoms with Gasteiger partial charge in [-0.05, 0) is 24.1 Å². The fraction of sp³-hybridized carbons (Fsp3) is 0.238. The first-order chi connectivity index (χ1) is 12.3. The van der Waals surface area contributed by atoms with Crippen LogP contribution in [-0.4, -0.2) is 29.3 Å². The highest BCUT2D eigenvalue weighted by Crippen LogP contribution is 2.16. The zero-order valence-corrected chi connectivity index (χ0v) is 14.0. The molecule has 0 saturated heterocycles. The van der Waals surface area contributed by atoms with Crippen LogP contribution in [0.25, 0.3) is 10.9 Å². The fourth-order valence-corrected chi connectivity index (χ4v) is 2.94. The average Bonchev–Trinajstić information content (AvgIpc) is 2.67. The molecule has 3 aromatic rings. The third-order valence-electron chi connectivity index (χ3n) is 4.26. The molecule has 0 fully saturated rings. The molecule has 0 aliphatic heterocycles. The first-order valence-electron chi connectivity index (χ1n) is 8.47. The van der Waals surface area contributed by atoms with Gasteiger partial charge in [0.25, 0.3) is 0 Å². The summed E-state index contributed by atoms with van der Waals surface area (Å²) in [5.74, 6) is 0. The highest BCUT2D eigenvalue weighted by Gasteiger charge is 2.10. The maximum atomic E-state index is 9.60. The van der Waals surface area contributed by atoms with Crippen molar-refractivity contribution in [3.8, 4) is 6.07 Å². The van der Waals surface area contributed by atoms with Crippen LogP contribution in [0.4, 0.5) is 0 Å². The van der Waals surface area contributed by atoms with Crippen LogP contribution >= 0.6 is 0 Å². The van der Waals surface area contributed by atoms with Gasteiger partial charge in [0.05, 0.1) is 23.4 Å². The average molecular weight is 331 g/mol. The smallest absolute Gasteiger partial charge is 0.101 e. The van der Waals surface area contributed by atoms with Crippen LogP contribution in [0.1, 0.15) is 16.8 Å². The molecule has 4 nitrogen and oxygen atoms in total. The number of rotatable bonds is 7. The second-order valence-corrected chi connectivity index (χ2v) is 6.06. The van der Waals surface area contributed by atoms with E-state index in [0.29, 0.717) is 18.5 Å². The molecule has 2 aromatic carbocycles. The Labute approximate surface area is 147 Å². The second kappa shape index (κ2) is 8.39. The van der Waals surface area contributed by atoms with Gasteiger partial charge < -0.3 is 10.4 Å². The van der Waals surface area contributed by atoms with Gasteiger partial charge in [0.1, 0.15) is 6.07 Å². The second-order valence-electron chi connectivity index (χ2n) is 6.06. The molecule has 1 atom stereocenters. The van der Waals surface area contributed by atoms with Crippen molar-refractivity contribution in [1.82, 2.24) is 10.3 Å². The van der Waals surface area contributed by atoms with Crippen molar-refractivity contribution in [1.29, 1.82) is 5.26 Å². The molecule has 0 aliphatic rings. The zero-order valence-electron chi connectivity index (χ0n) is 14.0. The van der Waals surface area contributed by atoms with Crippen LogP contribution in [0.15, 0.2) is 60.7 Å². The minimum absolute atomic E-state index is 0.00612. The number of pyridine rings is 1. The minimum atomic E-state index is -0.00612. The van der Waals surface area contributed by atoms with Crippen LogP contribution in [0.2, 0.25) is 0 Å². The molecule has 1 heterocycles. The Bertz CT molecular complexity index is 871. The highest BCUT2D eigenvalue weighted by molar-refractivity contribution is 5.80. The van der Waals surface area contributed by atoms with Gasteiger partial charge >= 0.3 is 0 Å². The third-order valence-corrected chi connectivity index (χ3v) is 4.26. The Morgan fingerprint density at radius 3 is 2.60 bits per heavy atom. The summed E-state index contributed by atoms with van der Waals surface area (Å²) in [6.07, 6.45) is 1.42. The number of aromatic nitrogens is 1. The van der Waals surface area contributed by atoms with Gasteiger partial charge in [-0.2, -0.15) is 5.26 Å². The summed E-state index contributed by atoms with van der Waals surface area (Å²) in [5.41, 5.74) is 3.50. The molecule has 25 heavy (non-hydrogen) atoms. The molecule has 2 N–H and O–H groups in total. The normalized spacial score (nSPS) is 12.0. The van der Waals surface area contributed by atoms with Crippen molar-refractivity contribution in [3.05, 3.63) is 77.5 Å². The van der Waals surface area contributed by atoms with Gasteiger partial charge in [-0.3, -0.25) is 4.98 Å². The molecule has 4 heteroatoms. The summed E-state index contributed by atoms with van der Waals surface area (Å²) in [6.45, 7) is 0.739. The van der Waals surface area contributed by atoms with E-state index >= 15 is 0 Å². The highest BCUT2D eigenvalue weighted by atomic mass is 16.3. The Kier molecular flexibility index (Phi) is 5.73. The molecule has 0 unspecified atom stereocenters. The number of hydrogen-bond donors (Lipinski definition) is 2. The molecule has 0 saturated carbocycles. The van der Waals surface area contributed by atoms with Gasteiger partial charge in [0.2, 0.25) is 0 Å². The molecule has 1 aromatic heterocycles. The number of nitrogens with zero attached hydrogens (tertiary/aromatic N) is 2. The maximum absolute atomic E-state index is 9.60. The van der Waals surface area contributed by atoms with E-state index in [4.69, 9.17) is 0 Å². The zero-order chi connectivity index (χ0) is 17.5. The largest absolute Gasteiger partial charge is 0.395 e. The topological polar surface area (TPSA) is 68.9 Å². The summed E-state index contributed by atoms with van der Waals surface area (Å²) in [5, 5.41) is 23.3. The monoisotopic (exact) mass is 331 g/mol. The lowest BCUT2D eigenvalue weighted by Crippen LogP contribution is -2.36. The first kappa shape index (κ1) is 17.1. The Morgan fingerprint density at radius 2 is 1.84 bits per heavy atom. The molecule has 3 rings (SSSR count). The van der Waals surface area contributed by atoms with E-state index in [1.165, 1.54) is 5.56 Å². The summed E-state index contributed by atoms with van der Waals surface area (Å²) in [4.78, 5) is 4.63. The van der Waals surface area contributed by atoms with Gasteiger partial charge in [0, 0.05) is 24.4 Å². The Morgan fingerprint density at radius 1 is 1.08 bits per heavy atom. The number of benzene rings is 2. The molecule has 0 radical (unpaired) electrons. The van der Waals surface area contributed by atoms with Crippen LogP contribution in [0.5, 0.6) is 0 Å². The van der Waals surface area contributed by atoms with Gasteiger partial charge in [0.15, 0.2) is 0 Å². The lowest BCUT2D eigenvalue weighted by molar-refractivity contribution is 0.242. The summed E-state index contributed by atoms with van der Waals surface area (Å²) >= 11 is 0. The molecule has 0 aliphatic carbocycles. The van der Waals surface area contributed by atoms with Gasteiger partial charge in [-0.15, -0.1) is 0 Å². The van der Waals surface area contributed by atoms with E-state index in [-0.39, 0.29) is 12.6 Å². The van der Waals surface area contributed by atoms with Crippen LogP contribution in [0.3, 0.4) is 0 Å². The Hall–Kier alpha value is -2.74.